The van der Waals surface area contributed by atoms with Crippen LogP contribution >= 0.6 is 0 Å². The van der Waals surface area contributed by atoms with Crippen molar-refractivity contribution >= 4 is 17.1 Å². The Morgan fingerprint density at radius 3 is 2.70 bits per heavy atom. The summed E-state index contributed by atoms with van der Waals surface area (Å²) in [6, 6.07) is 16.5. The molecule has 0 bridgehead atoms. The van der Waals surface area contributed by atoms with Crippen molar-refractivity contribution in [3.8, 4) is 11.4 Å². The third-order valence-corrected chi connectivity index (χ3v) is 4.85. The largest absolute Gasteiger partial charge is 0.497 e. The molecule has 4 rings (SSSR count). The van der Waals surface area contributed by atoms with Crippen LogP contribution in [-0.2, 0) is 13.0 Å². The van der Waals surface area contributed by atoms with E-state index in [1.54, 1.807) is 42.1 Å². The highest BCUT2D eigenvalue weighted by Crippen LogP contribution is 2.21. The number of imidazole rings is 1. The number of hydrogen-bond donors (Lipinski definition) is 1. The summed E-state index contributed by atoms with van der Waals surface area (Å²) in [6.45, 7) is 2.34. The van der Waals surface area contributed by atoms with E-state index in [9.17, 15) is 9.18 Å². The van der Waals surface area contributed by atoms with Gasteiger partial charge in [-0.05, 0) is 24.6 Å². The second kappa shape index (κ2) is 8.36. The van der Waals surface area contributed by atoms with E-state index in [1.807, 2.05) is 37.3 Å². The molecule has 2 aromatic carbocycles. The van der Waals surface area contributed by atoms with Crippen LogP contribution in [0.25, 0.3) is 16.9 Å². The number of anilines is 1. The van der Waals surface area contributed by atoms with Crippen molar-refractivity contribution in [1.29, 1.82) is 0 Å². The van der Waals surface area contributed by atoms with Crippen molar-refractivity contribution < 1.29 is 9.13 Å². The summed E-state index contributed by atoms with van der Waals surface area (Å²) in [7, 11) is 1.57. The maximum atomic E-state index is 14.6. The van der Waals surface area contributed by atoms with E-state index in [-0.39, 0.29) is 18.1 Å². The van der Waals surface area contributed by atoms with Crippen LogP contribution in [-0.4, -0.2) is 32.5 Å². The molecule has 2 heterocycles. The van der Waals surface area contributed by atoms with Gasteiger partial charge in [-0.15, -0.1) is 0 Å². The molecule has 0 aliphatic rings. The van der Waals surface area contributed by atoms with Crippen LogP contribution in [0.5, 0.6) is 5.75 Å². The number of aromatic nitrogens is 4. The number of ether oxygens (including phenoxy) is 1. The molecule has 1 atom stereocenters. The van der Waals surface area contributed by atoms with Crippen LogP contribution in [0.1, 0.15) is 12.5 Å². The van der Waals surface area contributed by atoms with Gasteiger partial charge in [-0.1, -0.05) is 36.4 Å². The fraction of sp³-hybridized carbons (Fsp3) is 0.227. The Kier molecular flexibility index (Phi) is 5.47. The minimum Gasteiger partial charge on any atom is -0.497 e. The predicted octanol–water partition coefficient (Wildman–Crippen LogP) is 3.56. The minimum atomic E-state index is -1.37. The van der Waals surface area contributed by atoms with Crippen molar-refractivity contribution in [3.63, 3.8) is 0 Å². The van der Waals surface area contributed by atoms with Gasteiger partial charge in [0, 0.05) is 19.0 Å². The Balaban J connectivity index is 1.73. The van der Waals surface area contributed by atoms with Gasteiger partial charge in [0.05, 0.1) is 19.0 Å². The zero-order valence-corrected chi connectivity index (χ0v) is 16.7. The number of benzene rings is 2. The molecule has 0 spiro atoms. The van der Waals surface area contributed by atoms with Gasteiger partial charge < -0.3 is 10.1 Å². The van der Waals surface area contributed by atoms with Crippen LogP contribution in [0.15, 0.2) is 65.6 Å². The number of halogens is 1. The lowest BCUT2D eigenvalue weighted by Crippen LogP contribution is -2.22. The number of alkyl halides is 1. The molecule has 7 nitrogen and oxygen atoms in total. The average molecular weight is 407 g/mol. The average Bonchev–Trinajstić information content (AvgIpc) is 3.04. The molecule has 0 saturated carbocycles. The summed E-state index contributed by atoms with van der Waals surface area (Å²) in [6.07, 6.45) is 0.359. The number of aryl methyl sites for hydroxylation is 1. The number of nitrogens with one attached hydrogen (secondary N) is 1. The fourth-order valence-electron chi connectivity index (χ4n) is 3.41. The number of rotatable bonds is 7. The first kappa shape index (κ1) is 19.6. The van der Waals surface area contributed by atoms with Gasteiger partial charge in [0.2, 0.25) is 5.95 Å². The van der Waals surface area contributed by atoms with E-state index in [0.717, 1.165) is 5.56 Å². The van der Waals surface area contributed by atoms with E-state index < -0.39 is 6.30 Å². The quantitative estimate of drug-likeness (QED) is 0.474. The second-order valence-electron chi connectivity index (χ2n) is 6.77. The van der Waals surface area contributed by atoms with Crippen molar-refractivity contribution in [2.75, 3.05) is 12.4 Å². The zero-order valence-electron chi connectivity index (χ0n) is 16.7. The highest BCUT2D eigenvalue weighted by atomic mass is 19.1. The molecule has 8 heteroatoms. The van der Waals surface area contributed by atoms with Crippen molar-refractivity contribution in [2.45, 2.75) is 26.2 Å². The summed E-state index contributed by atoms with van der Waals surface area (Å²) < 4.78 is 22.9. The molecule has 0 aliphatic carbocycles. The summed E-state index contributed by atoms with van der Waals surface area (Å²) in [5, 5.41) is 2.69. The molecule has 1 unspecified atom stereocenters. The first-order valence-electron chi connectivity index (χ1n) is 9.68. The zero-order chi connectivity index (χ0) is 21.1. The van der Waals surface area contributed by atoms with E-state index >= 15 is 0 Å². The lowest BCUT2D eigenvalue weighted by atomic mass is 10.1. The van der Waals surface area contributed by atoms with Crippen LogP contribution < -0.4 is 15.7 Å². The van der Waals surface area contributed by atoms with Crippen molar-refractivity contribution in [3.05, 3.63) is 76.8 Å². The first-order chi connectivity index (χ1) is 14.6. The van der Waals surface area contributed by atoms with Crippen LogP contribution in [0, 0.1) is 0 Å². The van der Waals surface area contributed by atoms with Crippen LogP contribution in [0.2, 0.25) is 0 Å². The van der Waals surface area contributed by atoms with Gasteiger partial charge in [-0.3, -0.25) is 4.57 Å². The van der Waals surface area contributed by atoms with Gasteiger partial charge in [0.1, 0.15) is 11.3 Å². The van der Waals surface area contributed by atoms with E-state index in [0.29, 0.717) is 29.1 Å². The molecule has 0 aliphatic heterocycles. The molecule has 0 saturated heterocycles. The number of methoxy groups -OCH3 is 1. The SMILES string of the molecule is CCn1c(=O)n(-c2cccc(OC)c2)c2nc(NC(F)Cc3ccccc3)ncc21. The van der Waals surface area contributed by atoms with Crippen LogP contribution in [0.3, 0.4) is 0 Å². The topological polar surface area (TPSA) is 74.0 Å². The number of nitrogens with zero attached hydrogens (tertiary/aromatic N) is 4. The Morgan fingerprint density at radius 1 is 1.17 bits per heavy atom. The summed E-state index contributed by atoms with van der Waals surface area (Å²) in [4.78, 5) is 21.7. The Bertz CT molecular complexity index is 1220. The monoisotopic (exact) mass is 407 g/mol. The minimum absolute atomic E-state index is 0.121. The van der Waals surface area contributed by atoms with Gasteiger partial charge in [-0.2, -0.15) is 4.98 Å². The smallest absolute Gasteiger partial charge is 0.335 e. The van der Waals surface area contributed by atoms with E-state index in [4.69, 9.17) is 4.74 Å². The molecular formula is C22H22FN5O2. The number of hydrogen-bond acceptors (Lipinski definition) is 5. The molecule has 1 N–H and O–H groups in total. The summed E-state index contributed by atoms with van der Waals surface area (Å²) >= 11 is 0. The van der Waals surface area contributed by atoms with Crippen LogP contribution in [0.4, 0.5) is 10.3 Å². The third-order valence-electron chi connectivity index (χ3n) is 4.85. The maximum Gasteiger partial charge on any atom is 0.335 e. The Morgan fingerprint density at radius 2 is 1.97 bits per heavy atom. The molecule has 2 aromatic heterocycles. The Hall–Kier alpha value is -3.68. The molecule has 0 amide bonds. The van der Waals surface area contributed by atoms with Gasteiger partial charge in [0.15, 0.2) is 11.9 Å². The van der Waals surface area contributed by atoms with Gasteiger partial charge >= 0.3 is 5.69 Å². The summed E-state index contributed by atoms with van der Waals surface area (Å²) in [5.41, 5.74) is 2.22. The standard InChI is InChI=1S/C22H22FN5O2/c1-3-27-18-14-24-21(25-19(23)12-15-8-5-4-6-9-15)26-20(18)28(22(27)29)16-10-7-11-17(13-16)30-2/h4-11,13-14,19H,3,12H2,1-2H3,(H,24,25,26). The molecule has 154 valence electrons. The summed E-state index contributed by atoms with van der Waals surface area (Å²) in [5.74, 6) is 0.742. The van der Waals surface area contributed by atoms with Crippen molar-refractivity contribution in [2.24, 2.45) is 0 Å². The van der Waals surface area contributed by atoms with Crippen molar-refractivity contribution in [1.82, 2.24) is 19.1 Å². The van der Waals surface area contributed by atoms with Gasteiger partial charge in [0.25, 0.3) is 0 Å². The second-order valence-corrected chi connectivity index (χ2v) is 6.77. The molecule has 30 heavy (non-hydrogen) atoms. The fourth-order valence-corrected chi connectivity index (χ4v) is 3.41. The molecule has 4 aromatic rings. The Labute approximate surface area is 172 Å². The van der Waals surface area contributed by atoms with E-state index in [2.05, 4.69) is 15.3 Å². The first-order valence-corrected chi connectivity index (χ1v) is 9.68. The lowest BCUT2D eigenvalue weighted by Gasteiger charge is -2.11. The maximum absolute atomic E-state index is 14.6. The number of fused-ring (bicyclic) bond motifs is 1. The normalized spacial score (nSPS) is 12.1. The molecular weight excluding hydrogens is 385 g/mol. The van der Waals surface area contributed by atoms with Gasteiger partial charge in [-0.25, -0.2) is 18.7 Å². The highest BCUT2D eigenvalue weighted by molar-refractivity contribution is 5.74. The molecule has 0 radical (unpaired) electrons. The highest BCUT2D eigenvalue weighted by Gasteiger charge is 2.18. The van der Waals surface area contributed by atoms with E-state index in [1.165, 1.54) is 4.57 Å². The third kappa shape index (κ3) is 3.76. The lowest BCUT2D eigenvalue weighted by molar-refractivity contribution is 0.369. The molecule has 0 fully saturated rings. The predicted molar refractivity (Wildman–Crippen MR) is 114 cm³/mol.